The van der Waals surface area contributed by atoms with Crippen LogP contribution in [0.15, 0.2) is 0 Å². The second kappa shape index (κ2) is 10.2. The van der Waals surface area contributed by atoms with E-state index in [4.69, 9.17) is 5.73 Å². The molecular formula is C16H33N3O. The molecule has 1 heterocycles. The zero-order valence-corrected chi connectivity index (χ0v) is 13.4. The van der Waals surface area contributed by atoms with Crippen LogP contribution in [-0.4, -0.2) is 54.5 Å². The highest BCUT2D eigenvalue weighted by atomic mass is 16.2. The molecule has 1 amide bonds. The minimum atomic E-state index is 0.354. The van der Waals surface area contributed by atoms with Gasteiger partial charge in [-0.3, -0.25) is 9.69 Å². The van der Waals surface area contributed by atoms with Crippen molar-refractivity contribution in [2.24, 2.45) is 5.73 Å². The number of hydrogen-bond donors (Lipinski definition) is 1. The summed E-state index contributed by atoms with van der Waals surface area (Å²) < 4.78 is 0. The van der Waals surface area contributed by atoms with Gasteiger partial charge in [-0.15, -0.1) is 0 Å². The maximum atomic E-state index is 12.2. The Bertz CT molecular complexity index is 270. The molecule has 4 nitrogen and oxygen atoms in total. The summed E-state index contributed by atoms with van der Waals surface area (Å²) >= 11 is 0. The third kappa shape index (κ3) is 5.80. The van der Waals surface area contributed by atoms with E-state index in [-0.39, 0.29) is 0 Å². The number of nitrogens with zero attached hydrogens (tertiary/aromatic N) is 2. The zero-order valence-electron chi connectivity index (χ0n) is 13.4. The van der Waals surface area contributed by atoms with E-state index in [1.807, 2.05) is 0 Å². The van der Waals surface area contributed by atoms with Gasteiger partial charge in [0.2, 0.25) is 5.91 Å². The van der Waals surface area contributed by atoms with Crippen molar-refractivity contribution < 1.29 is 4.79 Å². The molecule has 1 aliphatic heterocycles. The van der Waals surface area contributed by atoms with Crippen molar-refractivity contribution in [2.75, 3.05) is 32.7 Å². The highest BCUT2D eigenvalue weighted by Gasteiger charge is 2.22. The Hall–Kier alpha value is -0.610. The Labute approximate surface area is 124 Å². The predicted molar refractivity (Wildman–Crippen MR) is 84.7 cm³/mol. The first-order chi connectivity index (χ1) is 9.72. The van der Waals surface area contributed by atoms with Crippen molar-refractivity contribution >= 4 is 5.91 Å². The van der Waals surface area contributed by atoms with Crippen molar-refractivity contribution in [1.29, 1.82) is 0 Å². The third-order valence-electron chi connectivity index (χ3n) is 4.36. The number of amides is 1. The number of carbonyl (C=O) groups excluding carboxylic acids is 1. The summed E-state index contributed by atoms with van der Waals surface area (Å²) in [6, 6.07) is 0.593. The van der Waals surface area contributed by atoms with Gasteiger partial charge < -0.3 is 10.6 Å². The van der Waals surface area contributed by atoms with E-state index in [0.717, 1.165) is 64.8 Å². The predicted octanol–water partition coefficient (Wildman–Crippen LogP) is 2.23. The van der Waals surface area contributed by atoms with Gasteiger partial charge in [-0.25, -0.2) is 0 Å². The van der Waals surface area contributed by atoms with Crippen LogP contribution in [0.5, 0.6) is 0 Å². The quantitative estimate of drug-likeness (QED) is 0.695. The molecule has 0 saturated carbocycles. The van der Waals surface area contributed by atoms with Gasteiger partial charge in [0.05, 0.1) is 0 Å². The summed E-state index contributed by atoms with van der Waals surface area (Å²) in [5.74, 6) is 0.354. The van der Waals surface area contributed by atoms with Gasteiger partial charge in [0.15, 0.2) is 0 Å². The SMILES string of the molecule is CCCCCC(=O)N1CCCN(C(CC)CCN)CC1. The summed E-state index contributed by atoms with van der Waals surface area (Å²) in [6.45, 7) is 9.12. The normalized spacial score (nSPS) is 18.9. The molecule has 1 aliphatic rings. The van der Waals surface area contributed by atoms with Crippen LogP contribution < -0.4 is 5.73 Å². The lowest BCUT2D eigenvalue weighted by Gasteiger charge is -2.29. The summed E-state index contributed by atoms with van der Waals surface area (Å²) in [5.41, 5.74) is 5.70. The Morgan fingerprint density at radius 1 is 1.15 bits per heavy atom. The van der Waals surface area contributed by atoms with Crippen molar-refractivity contribution in [3.63, 3.8) is 0 Å². The van der Waals surface area contributed by atoms with Crippen LogP contribution in [0.25, 0.3) is 0 Å². The van der Waals surface area contributed by atoms with Crippen LogP contribution in [0.3, 0.4) is 0 Å². The molecule has 0 aromatic rings. The largest absolute Gasteiger partial charge is 0.341 e. The highest BCUT2D eigenvalue weighted by molar-refractivity contribution is 5.76. The first-order valence-electron chi connectivity index (χ1n) is 8.44. The van der Waals surface area contributed by atoms with E-state index in [9.17, 15) is 4.79 Å². The number of nitrogens with two attached hydrogens (primary N) is 1. The third-order valence-corrected chi connectivity index (χ3v) is 4.36. The molecule has 0 aromatic heterocycles. The molecule has 1 unspecified atom stereocenters. The average molecular weight is 283 g/mol. The lowest BCUT2D eigenvalue weighted by molar-refractivity contribution is -0.131. The summed E-state index contributed by atoms with van der Waals surface area (Å²) in [6.07, 6.45) is 7.44. The molecule has 118 valence electrons. The summed E-state index contributed by atoms with van der Waals surface area (Å²) in [7, 11) is 0. The molecule has 1 saturated heterocycles. The number of unbranched alkanes of at least 4 members (excludes halogenated alkanes) is 2. The first kappa shape index (κ1) is 17.4. The maximum Gasteiger partial charge on any atom is 0.222 e. The standard InChI is InChI=1S/C16H33N3O/c1-3-5-6-8-16(20)19-12-7-11-18(13-14-19)15(4-2)9-10-17/h15H,3-14,17H2,1-2H3. The molecule has 0 bridgehead atoms. The molecule has 0 spiro atoms. The fourth-order valence-electron chi connectivity index (χ4n) is 3.07. The van der Waals surface area contributed by atoms with E-state index in [1.165, 1.54) is 12.8 Å². The number of hydrogen-bond acceptors (Lipinski definition) is 3. The van der Waals surface area contributed by atoms with E-state index in [0.29, 0.717) is 11.9 Å². The van der Waals surface area contributed by atoms with Crippen LogP contribution in [0.2, 0.25) is 0 Å². The monoisotopic (exact) mass is 283 g/mol. The Kier molecular flexibility index (Phi) is 8.86. The topological polar surface area (TPSA) is 49.6 Å². The number of carbonyl (C=O) groups is 1. The van der Waals surface area contributed by atoms with Crippen molar-refractivity contribution in [3.8, 4) is 0 Å². The zero-order chi connectivity index (χ0) is 14.8. The maximum absolute atomic E-state index is 12.2. The molecule has 2 N–H and O–H groups in total. The van der Waals surface area contributed by atoms with Gasteiger partial charge in [-0.05, 0) is 32.2 Å². The summed E-state index contributed by atoms with van der Waals surface area (Å²) in [5, 5.41) is 0. The molecule has 1 fully saturated rings. The average Bonchev–Trinajstić information content (AvgIpc) is 2.71. The second-order valence-electron chi connectivity index (χ2n) is 5.87. The van der Waals surface area contributed by atoms with Gasteiger partial charge in [0, 0.05) is 38.6 Å². The second-order valence-corrected chi connectivity index (χ2v) is 5.87. The fourth-order valence-corrected chi connectivity index (χ4v) is 3.07. The molecule has 1 rings (SSSR count). The lowest BCUT2D eigenvalue weighted by atomic mass is 10.1. The number of rotatable bonds is 8. The van der Waals surface area contributed by atoms with Crippen LogP contribution in [0.1, 0.15) is 58.8 Å². The van der Waals surface area contributed by atoms with E-state index in [1.54, 1.807) is 0 Å². The minimum Gasteiger partial charge on any atom is -0.341 e. The van der Waals surface area contributed by atoms with Gasteiger partial charge in [-0.2, -0.15) is 0 Å². The molecule has 0 radical (unpaired) electrons. The Balaban J connectivity index is 2.39. The smallest absolute Gasteiger partial charge is 0.222 e. The van der Waals surface area contributed by atoms with Crippen LogP contribution >= 0.6 is 0 Å². The van der Waals surface area contributed by atoms with Gasteiger partial charge in [0.1, 0.15) is 0 Å². The molecule has 4 heteroatoms. The summed E-state index contributed by atoms with van der Waals surface area (Å²) in [4.78, 5) is 16.8. The van der Waals surface area contributed by atoms with Crippen molar-refractivity contribution in [2.45, 2.75) is 64.8 Å². The lowest BCUT2D eigenvalue weighted by Crippen LogP contribution is -2.40. The van der Waals surface area contributed by atoms with Crippen LogP contribution in [0, 0.1) is 0 Å². The first-order valence-corrected chi connectivity index (χ1v) is 8.44. The Morgan fingerprint density at radius 3 is 2.60 bits per heavy atom. The fraction of sp³-hybridized carbons (Fsp3) is 0.938. The minimum absolute atomic E-state index is 0.354. The molecule has 0 aromatic carbocycles. The Morgan fingerprint density at radius 2 is 1.95 bits per heavy atom. The molecular weight excluding hydrogens is 250 g/mol. The van der Waals surface area contributed by atoms with Gasteiger partial charge >= 0.3 is 0 Å². The van der Waals surface area contributed by atoms with E-state index < -0.39 is 0 Å². The van der Waals surface area contributed by atoms with Gasteiger partial charge in [0.25, 0.3) is 0 Å². The van der Waals surface area contributed by atoms with Crippen LogP contribution in [0.4, 0.5) is 0 Å². The van der Waals surface area contributed by atoms with Gasteiger partial charge in [-0.1, -0.05) is 26.7 Å². The van der Waals surface area contributed by atoms with Crippen LogP contribution in [-0.2, 0) is 4.79 Å². The van der Waals surface area contributed by atoms with Crippen molar-refractivity contribution in [1.82, 2.24) is 9.80 Å². The van der Waals surface area contributed by atoms with E-state index in [2.05, 4.69) is 23.6 Å². The molecule has 1 atom stereocenters. The molecule has 20 heavy (non-hydrogen) atoms. The van der Waals surface area contributed by atoms with Crippen molar-refractivity contribution in [3.05, 3.63) is 0 Å². The van der Waals surface area contributed by atoms with E-state index >= 15 is 0 Å². The highest BCUT2D eigenvalue weighted by Crippen LogP contribution is 2.13. The molecule has 0 aliphatic carbocycles.